The molecule has 0 saturated carbocycles. The maximum Gasteiger partial charge on any atom is 0.239 e. The Morgan fingerprint density at radius 3 is 3.04 bits per heavy atom. The standard InChI is InChI=1S/C15H19ClN6O/c16-12-4-5-14(18-7-12)20-15(23)9-21-6-2-1-3-13(21)8-22-11-17-10-19-22/h4-5,7,10-11,13H,1-3,6,8-9H2,(H,18,20,23)/t13-/m1/s1. The van der Waals surface area contributed by atoms with Gasteiger partial charge in [-0.05, 0) is 31.5 Å². The van der Waals surface area contributed by atoms with Gasteiger partial charge in [0, 0.05) is 12.2 Å². The SMILES string of the molecule is O=C(CN1CCCC[C@@H]1Cn1cncn1)Nc1ccc(Cl)cn1. The van der Waals surface area contributed by atoms with Crippen molar-refractivity contribution in [2.24, 2.45) is 0 Å². The van der Waals surface area contributed by atoms with E-state index in [9.17, 15) is 4.79 Å². The van der Waals surface area contributed by atoms with Crippen LogP contribution in [0.4, 0.5) is 5.82 Å². The summed E-state index contributed by atoms with van der Waals surface area (Å²) in [4.78, 5) is 22.5. The number of carbonyl (C=O) groups excluding carboxylic acids is 1. The Hall–Kier alpha value is -1.99. The molecule has 0 radical (unpaired) electrons. The largest absolute Gasteiger partial charge is 0.310 e. The molecule has 0 bridgehead atoms. The molecule has 1 N–H and O–H groups in total. The lowest BCUT2D eigenvalue weighted by Gasteiger charge is -2.34. The summed E-state index contributed by atoms with van der Waals surface area (Å²) in [6, 6.07) is 3.71. The van der Waals surface area contributed by atoms with Crippen molar-refractivity contribution in [2.75, 3.05) is 18.4 Å². The van der Waals surface area contributed by atoms with Crippen LogP contribution in [-0.4, -0.2) is 49.7 Å². The van der Waals surface area contributed by atoms with Crippen molar-refractivity contribution >= 4 is 23.3 Å². The number of aromatic nitrogens is 4. The lowest BCUT2D eigenvalue weighted by atomic mass is 10.0. The molecule has 23 heavy (non-hydrogen) atoms. The lowest BCUT2D eigenvalue weighted by molar-refractivity contribution is -0.118. The van der Waals surface area contributed by atoms with Gasteiger partial charge in [0.1, 0.15) is 18.5 Å². The molecular formula is C15H19ClN6O. The number of nitrogens with zero attached hydrogens (tertiary/aromatic N) is 5. The van der Waals surface area contributed by atoms with Gasteiger partial charge in [0.15, 0.2) is 0 Å². The summed E-state index contributed by atoms with van der Waals surface area (Å²) in [7, 11) is 0. The third-order valence-electron chi connectivity index (χ3n) is 3.96. The number of carbonyl (C=O) groups is 1. The van der Waals surface area contributed by atoms with Crippen molar-refractivity contribution in [1.29, 1.82) is 0 Å². The highest BCUT2D eigenvalue weighted by Gasteiger charge is 2.25. The van der Waals surface area contributed by atoms with Crippen LogP contribution in [0.15, 0.2) is 31.0 Å². The number of anilines is 1. The highest BCUT2D eigenvalue weighted by Crippen LogP contribution is 2.18. The van der Waals surface area contributed by atoms with Crippen LogP contribution in [0.5, 0.6) is 0 Å². The predicted octanol–water partition coefficient (Wildman–Crippen LogP) is 1.82. The van der Waals surface area contributed by atoms with Gasteiger partial charge in [-0.2, -0.15) is 5.10 Å². The average Bonchev–Trinajstić information content (AvgIpc) is 3.05. The first kappa shape index (κ1) is 15.9. The Morgan fingerprint density at radius 1 is 1.39 bits per heavy atom. The van der Waals surface area contributed by atoms with E-state index in [0.29, 0.717) is 23.4 Å². The van der Waals surface area contributed by atoms with Gasteiger partial charge in [0.25, 0.3) is 0 Å². The van der Waals surface area contributed by atoms with Gasteiger partial charge in [-0.25, -0.2) is 9.97 Å². The fourth-order valence-electron chi connectivity index (χ4n) is 2.83. The number of likely N-dealkylation sites (tertiary alicyclic amines) is 1. The van der Waals surface area contributed by atoms with Crippen molar-refractivity contribution in [3.05, 3.63) is 36.0 Å². The normalized spacial score (nSPS) is 18.7. The second-order valence-corrected chi connectivity index (χ2v) is 6.08. The number of amides is 1. The molecule has 3 rings (SSSR count). The summed E-state index contributed by atoms with van der Waals surface area (Å²) in [5.41, 5.74) is 0. The van der Waals surface area contributed by atoms with Crippen LogP contribution in [0.3, 0.4) is 0 Å². The fraction of sp³-hybridized carbons (Fsp3) is 0.467. The quantitative estimate of drug-likeness (QED) is 0.902. The zero-order valence-corrected chi connectivity index (χ0v) is 13.5. The summed E-state index contributed by atoms with van der Waals surface area (Å²) < 4.78 is 1.82. The van der Waals surface area contributed by atoms with Gasteiger partial charge in [-0.1, -0.05) is 18.0 Å². The van der Waals surface area contributed by atoms with E-state index in [0.717, 1.165) is 25.9 Å². The predicted molar refractivity (Wildman–Crippen MR) is 87.1 cm³/mol. The van der Waals surface area contributed by atoms with Crippen molar-refractivity contribution in [3.8, 4) is 0 Å². The lowest BCUT2D eigenvalue weighted by Crippen LogP contribution is -2.46. The Balaban J connectivity index is 1.57. The maximum absolute atomic E-state index is 12.3. The van der Waals surface area contributed by atoms with Gasteiger partial charge in [-0.3, -0.25) is 14.4 Å². The molecular weight excluding hydrogens is 316 g/mol. The first-order valence-electron chi connectivity index (χ1n) is 7.68. The zero-order chi connectivity index (χ0) is 16.1. The molecule has 122 valence electrons. The molecule has 1 atom stereocenters. The molecule has 0 spiro atoms. The molecule has 1 aliphatic heterocycles. The molecule has 1 aliphatic rings. The second-order valence-electron chi connectivity index (χ2n) is 5.65. The Labute approximate surface area is 139 Å². The fourth-order valence-corrected chi connectivity index (χ4v) is 2.95. The highest BCUT2D eigenvalue weighted by atomic mass is 35.5. The number of pyridine rings is 1. The molecule has 1 amide bonds. The average molecular weight is 335 g/mol. The topological polar surface area (TPSA) is 75.9 Å². The van der Waals surface area contributed by atoms with Gasteiger partial charge in [0.2, 0.25) is 5.91 Å². The number of rotatable bonds is 5. The number of hydrogen-bond acceptors (Lipinski definition) is 5. The van der Waals surface area contributed by atoms with E-state index in [2.05, 4.69) is 25.3 Å². The third kappa shape index (κ3) is 4.49. The van der Waals surface area contributed by atoms with Crippen molar-refractivity contribution in [2.45, 2.75) is 31.8 Å². The number of piperidine rings is 1. The Kier molecular flexibility index (Phi) is 5.19. The summed E-state index contributed by atoms with van der Waals surface area (Å²) in [5.74, 6) is 0.453. The highest BCUT2D eigenvalue weighted by molar-refractivity contribution is 6.30. The van der Waals surface area contributed by atoms with E-state index in [4.69, 9.17) is 11.6 Å². The van der Waals surface area contributed by atoms with Gasteiger partial charge in [0.05, 0.1) is 18.1 Å². The minimum absolute atomic E-state index is 0.0645. The number of nitrogens with one attached hydrogen (secondary N) is 1. The number of hydrogen-bond donors (Lipinski definition) is 1. The maximum atomic E-state index is 12.3. The van der Waals surface area contributed by atoms with Crippen LogP contribution in [-0.2, 0) is 11.3 Å². The monoisotopic (exact) mass is 334 g/mol. The molecule has 0 unspecified atom stereocenters. The van der Waals surface area contributed by atoms with Crippen molar-refractivity contribution in [3.63, 3.8) is 0 Å². The minimum Gasteiger partial charge on any atom is -0.310 e. The van der Waals surface area contributed by atoms with Gasteiger partial charge < -0.3 is 5.32 Å². The van der Waals surface area contributed by atoms with E-state index < -0.39 is 0 Å². The summed E-state index contributed by atoms with van der Waals surface area (Å²) in [6.07, 6.45) is 8.12. The van der Waals surface area contributed by atoms with E-state index in [-0.39, 0.29) is 5.91 Å². The molecule has 1 fully saturated rings. The first-order chi connectivity index (χ1) is 11.2. The molecule has 1 saturated heterocycles. The van der Waals surface area contributed by atoms with Crippen LogP contribution in [0.25, 0.3) is 0 Å². The van der Waals surface area contributed by atoms with Crippen LogP contribution < -0.4 is 5.32 Å². The molecule has 0 aromatic carbocycles. The summed E-state index contributed by atoms with van der Waals surface area (Å²) in [6.45, 7) is 2.02. The van der Waals surface area contributed by atoms with Crippen LogP contribution in [0.1, 0.15) is 19.3 Å². The second kappa shape index (κ2) is 7.52. The molecule has 8 heteroatoms. The van der Waals surface area contributed by atoms with E-state index >= 15 is 0 Å². The van der Waals surface area contributed by atoms with Gasteiger partial charge >= 0.3 is 0 Å². The smallest absolute Gasteiger partial charge is 0.239 e. The molecule has 7 nitrogen and oxygen atoms in total. The molecule has 3 heterocycles. The number of halogens is 1. The van der Waals surface area contributed by atoms with Crippen LogP contribution in [0.2, 0.25) is 5.02 Å². The van der Waals surface area contributed by atoms with Crippen LogP contribution in [0, 0.1) is 0 Å². The molecule has 0 aliphatic carbocycles. The van der Waals surface area contributed by atoms with E-state index in [1.54, 1.807) is 18.5 Å². The van der Waals surface area contributed by atoms with Gasteiger partial charge in [-0.15, -0.1) is 0 Å². The molecule has 2 aromatic rings. The Bertz CT molecular complexity index is 630. The summed E-state index contributed by atoms with van der Waals surface area (Å²) in [5, 5.41) is 7.51. The van der Waals surface area contributed by atoms with Crippen LogP contribution >= 0.6 is 11.6 Å². The third-order valence-corrected chi connectivity index (χ3v) is 4.18. The Morgan fingerprint density at radius 2 is 2.30 bits per heavy atom. The van der Waals surface area contributed by atoms with Crippen molar-refractivity contribution in [1.82, 2.24) is 24.6 Å². The van der Waals surface area contributed by atoms with Crippen molar-refractivity contribution < 1.29 is 4.79 Å². The van der Waals surface area contributed by atoms with E-state index in [1.165, 1.54) is 18.9 Å². The summed E-state index contributed by atoms with van der Waals surface area (Å²) >= 11 is 5.79. The van der Waals surface area contributed by atoms with E-state index in [1.807, 2.05) is 4.68 Å². The molecule has 2 aromatic heterocycles. The minimum atomic E-state index is -0.0645. The zero-order valence-electron chi connectivity index (χ0n) is 12.7. The first-order valence-corrected chi connectivity index (χ1v) is 8.06.